The molecule has 1 amide bonds. The number of pyridine rings is 1. The number of carbonyl (C=O) groups excluding carboxylic acids is 1. The van der Waals surface area contributed by atoms with Gasteiger partial charge in [0.25, 0.3) is 5.56 Å². The van der Waals surface area contributed by atoms with Gasteiger partial charge in [0.05, 0.1) is 17.1 Å². The quantitative estimate of drug-likeness (QED) is 0.729. The van der Waals surface area contributed by atoms with E-state index in [9.17, 15) is 9.59 Å². The average Bonchev–Trinajstić information content (AvgIpc) is 3.04. The highest BCUT2D eigenvalue weighted by Gasteiger charge is 2.35. The molecular formula is C21H22N4O2. The summed E-state index contributed by atoms with van der Waals surface area (Å²) in [6.07, 6.45) is 7.67. The van der Waals surface area contributed by atoms with Gasteiger partial charge < -0.3 is 5.32 Å². The minimum Gasteiger partial charge on any atom is -0.311 e. The number of H-pyrrole nitrogens is 1. The largest absolute Gasteiger partial charge is 0.311 e. The van der Waals surface area contributed by atoms with Gasteiger partial charge in [0.2, 0.25) is 5.91 Å². The van der Waals surface area contributed by atoms with E-state index in [0.29, 0.717) is 11.4 Å². The Labute approximate surface area is 156 Å². The summed E-state index contributed by atoms with van der Waals surface area (Å²) in [7, 11) is 0. The molecule has 2 aromatic heterocycles. The molecular weight excluding hydrogens is 340 g/mol. The molecule has 5 rings (SSSR count). The van der Waals surface area contributed by atoms with Gasteiger partial charge in [-0.3, -0.25) is 24.4 Å². The molecule has 1 saturated carbocycles. The van der Waals surface area contributed by atoms with E-state index in [2.05, 4.69) is 15.4 Å². The number of fused-ring (bicyclic) bond motifs is 2. The van der Waals surface area contributed by atoms with Gasteiger partial charge in [-0.25, -0.2) is 0 Å². The van der Waals surface area contributed by atoms with Gasteiger partial charge in [-0.1, -0.05) is 37.5 Å². The molecule has 0 spiro atoms. The van der Waals surface area contributed by atoms with Gasteiger partial charge in [0.1, 0.15) is 5.82 Å². The van der Waals surface area contributed by atoms with Crippen LogP contribution in [0.3, 0.4) is 0 Å². The van der Waals surface area contributed by atoms with Gasteiger partial charge in [-0.15, -0.1) is 0 Å². The molecule has 0 radical (unpaired) electrons. The Bertz CT molecular complexity index is 1070. The molecule has 6 heteroatoms. The number of anilines is 1. The maximum Gasteiger partial charge on any atom is 0.270 e. The lowest BCUT2D eigenvalue weighted by molar-refractivity contribution is -0.116. The molecule has 138 valence electrons. The summed E-state index contributed by atoms with van der Waals surface area (Å²) in [5, 5.41) is 6.99. The minimum atomic E-state index is -0.254. The monoisotopic (exact) mass is 362 g/mol. The van der Waals surface area contributed by atoms with E-state index >= 15 is 0 Å². The summed E-state index contributed by atoms with van der Waals surface area (Å²) in [5.41, 5.74) is 2.45. The van der Waals surface area contributed by atoms with E-state index in [0.717, 1.165) is 42.1 Å². The number of nitrogens with zero attached hydrogens (tertiary/aromatic N) is 2. The topological polar surface area (TPSA) is 79.8 Å². The predicted octanol–water partition coefficient (Wildman–Crippen LogP) is 3.70. The number of benzene rings is 1. The number of aromatic nitrogens is 3. The lowest BCUT2D eigenvalue weighted by Crippen LogP contribution is -2.27. The predicted molar refractivity (Wildman–Crippen MR) is 104 cm³/mol. The zero-order valence-electron chi connectivity index (χ0n) is 15.1. The first-order valence-electron chi connectivity index (χ1n) is 9.70. The van der Waals surface area contributed by atoms with Crippen LogP contribution in [0.15, 0.2) is 41.3 Å². The first-order valence-corrected chi connectivity index (χ1v) is 9.70. The molecule has 0 saturated heterocycles. The number of aromatic amines is 1. The summed E-state index contributed by atoms with van der Waals surface area (Å²) < 4.78 is 1.92. The van der Waals surface area contributed by atoms with E-state index in [1.807, 2.05) is 35.0 Å². The third-order valence-electron chi connectivity index (χ3n) is 5.96. The first kappa shape index (κ1) is 16.3. The van der Waals surface area contributed by atoms with E-state index < -0.39 is 0 Å². The Balaban J connectivity index is 1.67. The van der Waals surface area contributed by atoms with E-state index in [4.69, 9.17) is 0 Å². The summed E-state index contributed by atoms with van der Waals surface area (Å²) in [4.78, 5) is 29.9. The van der Waals surface area contributed by atoms with Gasteiger partial charge >= 0.3 is 0 Å². The molecule has 3 heterocycles. The number of nitrogens with one attached hydrogen (secondary N) is 2. The molecule has 2 aliphatic rings. The molecule has 1 atom stereocenters. The van der Waals surface area contributed by atoms with Crippen molar-refractivity contribution < 1.29 is 4.79 Å². The third-order valence-corrected chi connectivity index (χ3v) is 5.96. The van der Waals surface area contributed by atoms with Crippen LogP contribution in [0, 0.1) is 0 Å². The van der Waals surface area contributed by atoms with Crippen LogP contribution in [-0.4, -0.2) is 20.7 Å². The van der Waals surface area contributed by atoms with Crippen molar-refractivity contribution in [1.29, 1.82) is 0 Å². The molecule has 0 bridgehead atoms. The highest BCUT2D eigenvalue weighted by molar-refractivity contribution is 5.95. The van der Waals surface area contributed by atoms with E-state index in [-0.39, 0.29) is 29.8 Å². The van der Waals surface area contributed by atoms with Crippen molar-refractivity contribution in [1.82, 2.24) is 14.8 Å². The fourth-order valence-corrected chi connectivity index (χ4v) is 4.68. The van der Waals surface area contributed by atoms with Crippen molar-refractivity contribution in [2.75, 3.05) is 5.32 Å². The lowest BCUT2D eigenvalue weighted by atomic mass is 9.85. The van der Waals surface area contributed by atoms with Gasteiger partial charge in [0.15, 0.2) is 0 Å². The van der Waals surface area contributed by atoms with Crippen molar-refractivity contribution in [3.63, 3.8) is 0 Å². The zero-order chi connectivity index (χ0) is 18.4. The zero-order valence-corrected chi connectivity index (χ0v) is 15.1. The number of carbonyl (C=O) groups is 1. The second-order valence-corrected chi connectivity index (χ2v) is 7.59. The Kier molecular flexibility index (Phi) is 3.85. The third kappa shape index (κ3) is 2.67. The molecule has 1 fully saturated rings. The van der Waals surface area contributed by atoms with Crippen LogP contribution in [-0.2, 0) is 4.79 Å². The van der Waals surface area contributed by atoms with Crippen LogP contribution in [0.1, 0.15) is 61.6 Å². The standard InChI is InChI=1S/C21H22N4O2/c26-18-12-16(14-10-11-22-17-9-5-4-8-15(14)17)19-20(23-18)25(24-21(19)27)13-6-2-1-3-7-13/h4-5,8-11,13,16H,1-3,6-7,12H2,(H,23,26)(H,24,27)/t16-/m1/s1. The second-order valence-electron chi connectivity index (χ2n) is 7.59. The van der Waals surface area contributed by atoms with Gasteiger partial charge in [0, 0.05) is 23.9 Å². The van der Waals surface area contributed by atoms with Crippen LogP contribution in [0.25, 0.3) is 10.9 Å². The Morgan fingerprint density at radius 1 is 1.04 bits per heavy atom. The van der Waals surface area contributed by atoms with Gasteiger partial charge in [-0.2, -0.15) is 0 Å². The number of rotatable bonds is 2. The van der Waals surface area contributed by atoms with Crippen molar-refractivity contribution in [3.8, 4) is 0 Å². The molecule has 27 heavy (non-hydrogen) atoms. The number of hydrogen-bond donors (Lipinski definition) is 2. The molecule has 6 nitrogen and oxygen atoms in total. The van der Waals surface area contributed by atoms with Crippen LogP contribution in [0.5, 0.6) is 0 Å². The Morgan fingerprint density at radius 2 is 1.85 bits per heavy atom. The van der Waals surface area contributed by atoms with Gasteiger partial charge in [-0.05, 0) is 30.5 Å². The highest BCUT2D eigenvalue weighted by Crippen LogP contribution is 2.40. The highest BCUT2D eigenvalue weighted by atomic mass is 16.2. The van der Waals surface area contributed by atoms with Crippen LogP contribution in [0.2, 0.25) is 0 Å². The SMILES string of the molecule is O=C1C[C@H](c2ccnc3ccccc23)c2c(n(C3CCCCC3)[nH]c2=O)N1. The van der Waals surface area contributed by atoms with Crippen molar-refractivity contribution in [3.05, 3.63) is 58.0 Å². The molecule has 1 aliphatic heterocycles. The molecule has 2 N–H and O–H groups in total. The molecule has 1 aromatic carbocycles. The summed E-state index contributed by atoms with van der Waals surface area (Å²) in [6, 6.07) is 10.1. The summed E-state index contributed by atoms with van der Waals surface area (Å²) in [6.45, 7) is 0. The fraction of sp³-hybridized carbons (Fsp3) is 0.381. The van der Waals surface area contributed by atoms with E-state index in [1.54, 1.807) is 6.20 Å². The lowest BCUT2D eigenvalue weighted by Gasteiger charge is -2.28. The smallest absolute Gasteiger partial charge is 0.270 e. The maximum absolute atomic E-state index is 12.9. The first-order chi connectivity index (χ1) is 13.2. The van der Waals surface area contributed by atoms with Crippen molar-refractivity contribution >= 4 is 22.6 Å². The maximum atomic E-state index is 12.9. The molecule has 3 aromatic rings. The minimum absolute atomic E-state index is 0.0445. The Morgan fingerprint density at radius 3 is 2.70 bits per heavy atom. The number of amides is 1. The summed E-state index contributed by atoms with van der Waals surface area (Å²) >= 11 is 0. The normalized spacial score (nSPS) is 20.4. The fourth-order valence-electron chi connectivity index (χ4n) is 4.68. The number of para-hydroxylation sites is 1. The number of hydrogen-bond acceptors (Lipinski definition) is 3. The van der Waals surface area contributed by atoms with Crippen LogP contribution < -0.4 is 10.9 Å². The second kappa shape index (κ2) is 6.37. The molecule has 1 aliphatic carbocycles. The van der Waals surface area contributed by atoms with Crippen molar-refractivity contribution in [2.45, 2.75) is 50.5 Å². The average molecular weight is 362 g/mol. The summed E-state index contributed by atoms with van der Waals surface area (Å²) in [5.74, 6) is 0.362. The van der Waals surface area contributed by atoms with Crippen LogP contribution in [0.4, 0.5) is 5.82 Å². The molecule has 0 unspecified atom stereocenters. The van der Waals surface area contributed by atoms with Crippen molar-refractivity contribution in [2.24, 2.45) is 0 Å². The van der Waals surface area contributed by atoms with Crippen LogP contribution >= 0.6 is 0 Å². The van der Waals surface area contributed by atoms with E-state index in [1.165, 1.54) is 6.42 Å². The Hall–Kier alpha value is -2.89.